The summed E-state index contributed by atoms with van der Waals surface area (Å²) >= 11 is 0. The standard InChI is InChI=1S/C17H16F2N2O/c18-16(19)9-20-17(22)12-5-7-15(8-6-12)21-10-13-3-1-2-4-14(13)11-21/h1-8,16H,9-11H2,(H,20,22). The summed E-state index contributed by atoms with van der Waals surface area (Å²) in [5, 5.41) is 2.20. The van der Waals surface area contributed by atoms with Crippen molar-refractivity contribution in [2.45, 2.75) is 19.5 Å². The van der Waals surface area contributed by atoms with Crippen LogP contribution in [0.4, 0.5) is 14.5 Å². The normalized spacial score (nSPS) is 13.3. The van der Waals surface area contributed by atoms with Gasteiger partial charge in [-0.15, -0.1) is 0 Å². The predicted octanol–water partition coefficient (Wildman–Crippen LogP) is 3.20. The largest absolute Gasteiger partial charge is 0.363 e. The van der Waals surface area contributed by atoms with Crippen molar-refractivity contribution in [3.05, 3.63) is 65.2 Å². The van der Waals surface area contributed by atoms with Gasteiger partial charge < -0.3 is 10.2 Å². The molecule has 1 heterocycles. The Morgan fingerprint density at radius 3 is 2.18 bits per heavy atom. The van der Waals surface area contributed by atoms with Gasteiger partial charge in [0.05, 0.1) is 6.54 Å². The van der Waals surface area contributed by atoms with E-state index in [-0.39, 0.29) is 0 Å². The molecular formula is C17H16F2N2O. The van der Waals surface area contributed by atoms with Gasteiger partial charge in [0, 0.05) is 24.3 Å². The minimum absolute atomic E-state index is 0.390. The third-order valence-corrected chi connectivity index (χ3v) is 3.75. The second kappa shape index (κ2) is 6.13. The summed E-state index contributed by atoms with van der Waals surface area (Å²) in [7, 11) is 0. The van der Waals surface area contributed by atoms with Gasteiger partial charge in [-0.1, -0.05) is 24.3 Å². The maximum Gasteiger partial charge on any atom is 0.255 e. The first-order valence-corrected chi connectivity index (χ1v) is 7.11. The van der Waals surface area contributed by atoms with E-state index in [9.17, 15) is 13.6 Å². The van der Waals surface area contributed by atoms with Crippen molar-refractivity contribution >= 4 is 11.6 Å². The van der Waals surface area contributed by atoms with Crippen LogP contribution >= 0.6 is 0 Å². The summed E-state index contributed by atoms with van der Waals surface area (Å²) in [6, 6.07) is 15.3. The zero-order valence-electron chi connectivity index (χ0n) is 11.9. The van der Waals surface area contributed by atoms with Crippen molar-refractivity contribution < 1.29 is 13.6 Å². The van der Waals surface area contributed by atoms with Gasteiger partial charge in [-0.3, -0.25) is 4.79 Å². The molecule has 0 aromatic heterocycles. The Morgan fingerprint density at radius 1 is 1.05 bits per heavy atom. The number of benzene rings is 2. The molecule has 2 aromatic carbocycles. The molecule has 0 radical (unpaired) electrons. The summed E-state index contributed by atoms with van der Waals surface area (Å²) in [5.74, 6) is -0.475. The highest BCUT2D eigenvalue weighted by atomic mass is 19.3. The van der Waals surface area contributed by atoms with Gasteiger partial charge in [-0.25, -0.2) is 8.78 Å². The molecule has 1 aliphatic heterocycles. The lowest BCUT2D eigenvalue weighted by molar-refractivity contribution is 0.0891. The van der Waals surface area contributed by atoms with E-state index in [2.05, 4.69) is 22.3 Å². The topological polar surface area (TPSA) is 32.3 Å². The smallest absolute Gasteiger partial charge is 0.255 e. The summed E-state index contributed by atoms with van der Waals surface area (Å²) < 4.78 is 24.2. The fourth-order valence-corrected chi connectivity index (χ4v) is 2.61. The molecule has 0 unspecified atom stereocenters. The summed E-state index contributed by atoms with van der Waals surface area (Å²) in [4.78, 5) is 13.9. The van der Waals surface area contributed by atoms with Gasteiger partial charge in [-0.05, 0) is 35.4 Å². The Kier molecular flexibility index (Phi) is 4.04. The van der Waals surface area contributed by atoms with Gasteiger partial charge in [-0.2, -0.15) is 0 Å². The minimum atomic E-state index is -2.54. The number of hydrogen-bond donors (Lipinski definition) is 1. The number of carbonyl (C=O) groups excluding carboxylic acids is 1. The third kappa shape index (κ3) is 3.08. The highest BCUT2D eigenvalue weighted by Gasteiger charge is 2.18. The first kappa shape index (κ1) is 14.5. The molecule has 3 rings (SSSR count). The molecule has 0 saturated heterocycles. The van der Waals surface area contributed by atoms with E-state index in [1.165, 1.54) is 11.1 Å². The maximum atomic E-state index is 12.1. The predicted molar refractivity (Wildman–Crippen MR) is 81.1 cm³/mol. The van der Waals surface area contributed by atoms with Crippen molar-refractivity contribution in [2.24, 2.45) is 0 Å². The van der Waals surface area contributed by atoms with Gasteiger partial charge in [0.15, 0.2) is 0 Å². The van der Waals surface area contributed by atoms with Crippen LogP contribution in [0.3, 0.4) is 0 Å². The Labute approximate surface area is 127 Å². The monoisotopic (exact) mass is 302 g/mol. The number of carbonyl (C=O) groups is 1. The fourth-order valence-electron chi connectivity index (χ4n) is 2.61. The van der Waals surface area contributed by atoms with E-state index in [0.717, 1.165) is 18.8 Å². The number of amides is 1. The Bertz CT molecular complexity index is 646. The molecule has 0 atom stereocenters. The zero-order chi connectivity index (χ0) is 15.5. The number of nitrogens with zero attached hydrogens (tertiary/aromatic N) is 1. The molecule has 0 fully saturated rings. The second-order valence-corrected chi connectivity index (χ2v) is 5.27. The number of alkyl halides is 2. The fraction of sp³-hybridized carbons (Fsp3) is 0.235. The van der Waals surface area contributed by atoms with Crippen LogP contribution in [-0.2, 0) is 13.1 Å². The van der Waals surface area contributed by atoms with E-state index < -0.39 is 18.9 Å². The van der Waals surface area contributed by atoms with Gasteiger partial charge in [0.2, 0.25) is 0 Å². The average molecular weight is 302 g/mol. The molecule has 0 aliphatic carbocycles. The number of hydrogen-bond acceptors (Lipinski definition) is 2. The lowest BCUT2D eigenvalue weighted by Gasteiger charge is -2.18. The highest BCUT2D eigenvalue weighted by molar-refractivity contribution is 5.94. The summed E-state index contributed by atoms with van der Waals surface area (Å²) in [5.41, 5.74) is 4.02. The van der Waals surface area contributed by atoms with Crippen LogP contribution < -0.4 is 10.2 Å². The van der Waals surface area contributed by atoms with Crippen LogP contribution in [0.25, 0.3) is 0 Å². The molecule has 1 amide bonds. The quantitative estimate of drug-likeness (QED) is 0.940. The van der Waals surface area contributed by atoms with Crippen molar-refractivity contribution in [1.29, 1.82) is 0 Å². The summed E-state index contributed by atoms with van der Waals surface area (Å²) in [6.45, 7) is 1.06. The van der Waals surface area contributed by atoms with Crippen molar-refractivity contribution in [3.8, 4) is 0 Å². The van der Waals surface area contributed by atoms with E-state index in [1.54, 1.807) is 12.1 Å². The van der Waals surface area contributed by atoms with Crippen LogP contribution in [0.15, 0.2) is 48.5 Å². The first-order valence-electron chi connectivity index (χ1n) is 7.11. The van der Waals surface area contributed by atoms with Crippen LogP contribution in [0.2, 0.25) is 0 Å². The maximum absolute atomic E-state index is 12.1. The zero-order valence-corrected chi connectivity index (χ0v) is 11.9. The van der Waals surface area contributed by atoms with Crippen LogP contribution in [-0.4, -0.2) is 18.9 Å². The van der Waals surface area contributed by atoms with E-state index in [1.807, 2.05) is 24.3 Å². The molecule has 3 nitrogen and oxygen atoms in total. The third-order valence-electron chi connectivity index (χ3n) is 3.75. The summed E-state index contributed by atoms with van der Waals surface area (Å²) in [6.07, 6.45) is -2.54. The average Bonchev–Trinajstić information content (AvgIpc) is 2.96. The Morgan fingerprint density at radius 2 is 1.64 bits per heavy atom. The van der Waals surface area contributed by atoms with E-state index in [4.69, 9.17) is 0 Å². The minimum Gasteiger partial charge on any atom is -0.363 e. The molecule has 0 spiro atoms. The number of nitrogens with one attached hydrogen (secondary N) is 1. The van der Waals surface area contributed by atoms with Gasteiger partial charge in [0.25, 0.3) is 12.3 Å². The first-order chi connectivity index (χ1) is 10.6. The van der Waals surface area contributed by atoms with Crippen molar-refractivity contribution in [2.75, 3.05) is 11.4 Å². The second-order valence-electron chi connectivity index (χ2n) is 5.27. The SMILES string of the molecule is O=C(NCC(F)F)c1ccc(N2Cc3ccccc3C2)cc1. The van der Waals surface area contributed by atoms with Gasteiger partial charge in [0.1, 0.15) is 0 Å². The van der Waals surface area contributed by atoms with Crippen molar-refractivity contribution in [1.82, 2.24) is 5.32 Å². The number of fused-ring (bicyclic) bond motifs is 1. The molecule has 114 valence electrons. The number of anilines is 1. The molecule has 2 aromatic rings. The lowest BCUT2D eigenvalue weighted by atomic mass is 10.1. The molecule has 22 heavy (non-hydrogen) atoms. The molecule has 0 bridgehead atoms. The Hall–Kier alpha value is -2.43. The lowest BCUT2D eigenvalue weighted by Crippen LogP contribution is -2.28. The van der Waals surface area contributed by atoms with Crippen LogP contribution in [0.1, 0.15) is 21.5 Å². The highest BCUT2D eigenvalue weighted by Crippen LogP contribution is 2.28. The van der Waals surface area contributed by atoms with Crippen LogP contribution in [0.5, 0.6) is 0 Å². The molecule has 5 heteroatoms. The van der Waals surface area contributed by atoms with Gasteiger partial charge >= 0.3 is 0 Å². The molecule has 1 N–H and O–H groups in total. The van der Waals surface area contributed by atoms with Crippen molar-refractivity contribution in [3.63, 3.8) is 0 Å². The van der Waals surface area contributed by atoms with E-state index in [0.29, 0.717) is 5.56 Å². The Balaban J connectivity index is 1.67. The number of rotatable bonds is 4. The molecular weight excluding hydrogens is 286 g/mol. The molecule has 1 aliphatic rings. The molecule has 0 saturated carbocycles. The number of halogens is 2. The van der Waals surface area contributed by atoms with Crippen LogP contribution in [0, 0.1) is 0 Å². The van der Waals surface area contributed by atoms with E-state index >= 15 is 0 Å².